The first-order valence-electron chi connectivity index (χ1n) is 7.66. The Morgan fingerprint density at radius 2 is 2.35 bits per heavy atom. The Morgan fingerprint density at radius 3 is 3.00 bits per heavy atom. The number of ether oxygens (including phenoxy) is 1. The van der Waals surface area contributed by atoms with E-state index in [1.165, 1.54) is 12.1 Å². The lowest BCUT2D eigenvalue weighted by Gasteiger charge is -2.33. The van der Waals surface area contributed by atoms with Crippen molar-refractivity contribution in [2.45, 2.75) is 38.2 Å². The number of H-pyrrole nitrogens is 1. The van der Waals surface area contributed by atoms with Crippen LogP contribution in [0.1, 0.15) is 43.0 Å². The lowest BCUT2D eigenvalue weighted by Crippen LogP contribution is -2.43. The predicted molar refractivity (Wildman–Crippen MR) is 81.5 cm³/mol. The molecule has 120 valence electrons. The molecule has 0 aliphatic carbocycles. The highest BCUT2D eigenvalue weighted by Crippen LogP contribution is 2.41. The molecule has 1 aliphatic rings. The number of carboxylic acids is 1. The molecule has 0 amide bonds. The van der Waals surface area contributed by atoms with Gasteiger partial charge in [-0.05, 0) is 37.0 Å². The maximum absolute atomic E-state index is 14.2. The summed E-state index contributed by atoms with van der Waals surface area (Å²) in [4.78, 5) is 14.9. The van der Waals surface area contributed by atoms with E-state index in [0.29, 0.717) is 41.5 Å². The molecule has 6 heteroatoms. The summed E-state index contributed by atoms with van der Waals surface area (Å²) < 4.78 is 19.8. The molecule has 1 aromatic carbocycles. The van der Waals surface area contributed by atoms with Gasteiger partial charge in [-0.1, -0.05) is 13.3 Å². The number of fused-ring (bicyclic) bond motifs is 3. The molecule has 1 unspecified atom stereocenters. The van der Waals surface area contributed by atoms with Crippen molar-refractivity contribution in [2.24, 2.45) is 0 Å². The van der Waals surface area contributed by atoms with E-state index in [-0.39, 0.29) is 12.1 Å². The van der Waals surface area contributed by atoms with Gasteiger partial charge in [-0.25, -0.2) is 9.18 Å². The molecular formula is C17H17FN2O3. The van der Waals surface area contributed by atoms with Gasteiger partial charge in [0, 0.05) is 5.39 Å². The number of carbonyl (C=O) groups is 1. The van der Waals surface area contributed by atoms with E-state index in [4.69, 9.17) is 4.74 Å². The summed E-state index contributed by atoms with van der Waals surface area (Å²) in [5, 5.41) is 19.6. The zero-order valence-corrected chi connectivity index (χ0v) is 12.8. The van der Waals surface area contributed by atoms with E-state index in [0.717, 1.165) is 6.42 Å². The number of halogens is 1. The second kappa shape index (κ2) is 5.67. The predicted octanol–water partition coefficient (Wildman–Crippen LogP) is 3.22. The fourth-order valence-corrected chi connectivity index (χ4v) is 3.32. The number of aromatic nitrogens is 1. The van der Waals surface area contributed by atoms with Crippen LogP contribution >= 0.6 is 0 Å². The number of hydrogen-bond donors (Lipinski definition) is 2. The number of rotatable bonds is 4. The minimum atomic E-state index is -1.50. The smallest absolute Gasteiger partial charge is 0.342 e. The van der Waals surface area contributed by atoms with Gasteiger partial charge in [-0.2, -0.15) is 5.26 Å². The highest BCUT2D eigenvalue weighted by molar-refractivity contribution is 5.93. The van der Waals surface area contributed by atoms with Crippen LogP contribution in [0.25, 0.3) is 10.9 Å². The molecule has 2 N–H and O–H groups in total. The van der Waals surface area contributed by atoms with Crippen LogP contribution in [0.5, 0.6) is 0 Å². The molecule has 2 aromatic rings. The standard InChI is InChI=1S/C17H17FN2O3/c1-2-3-7-17(16(21)22)15-11(6-8-23-17)13-10(9-19)4-5-12(18)14(13)20-15/h4-5,20H,2-3,6-8H2,1H3,(H,21,22). The fourth-order valence-electron chi connectivity index (χ4n) is 3.32. The van der Waals surface area contributed by atoms with Crippen molar-refractivity contribution < 1.29 is 19.0 Å². The number of hydrogen-bond acceptors (Lipinski definition) is 3. The van der Waals surface area contributed by atoms with E-state index in [1.807, 2.05) is 6.92 Å². The molecule has 0 bridgehead atoms. The number of nitriles is 1. The number of nitrogens with zero attached hydrogens (tertiary/aromatic N) is 1. The van der Waals surface area contributed by atoms with Gasteiger partial charge < -0.3 is 14.8 Å². The van der Waals surface area contributed by atoms with Crippen LogP contribution in [0.4, 0.5) is 4.39 Å². The number of aliphatic carboxylic acids is 1. The second-order valence-corrected chi connectivity index (χ2v) is 5.77. The van der Waals surface area contributed by atoms with Crippen molar-refractivity contribution in [3.63, 3.8) is 0 Å². The van der Waals surface area contributed by atoms with Gasteiger partial charge in [0.25, 0.3) is 0 Å². The van der Waals surface area contributed by atoms with Gasteiger partial charge in [0.05, 0.1) is 29.5 Å². The zero-order chi connectivity index (χ0) is 16.6. The first kappa shape index (κ1) is 15.5. The molecule has 0 saturated heterocycles. The summed E-state index contributed by atoms with van der Waals surface area (Å²) in [5.41, 5.74) is 0.0845. The zero-order valence-electron chi connectivity index (χ0n) is 12.8. The number of carboxylic acid groups (broad SMARTS) is 1. The van der Waals surface area contributed by atoms with E-state index >= 15 is 0 Å². The van der Waals surface area contributed by atoms with Crippen molar-refractivity contribution in [3.8, 4) is 6.07 Å². The molecule has 2 heterocycles. The Morgan fingerprint density at radius 1 is 1.57 bits per heavy atom. The summed E-state index contributed by atoms with van der Waals surface area (Å²) in [6.07, 6.45) is 2.26. The van der Waals surface area contributed by atoms with Crippen LogP contribution in [0.15, 0.2) is 12.1 Å². The van der Waals surface area contributed by atoms with Crippen LogP contribution < -0.4 is 0 Å². The molecule has 1 aliphatic heterocycles. The normalized spacial score (nSPS) is 20.2. The Labute approximate surface area is 132 Å². The van der Waals surface area contributed by atoms with Gasteiger partial charge in [0.15, 0.2) is 0 Å². The minimum absolute atomic E-state index is 0.182. The summed E-state index contributed by atoms with van der Waals surface area (Å²) >= 11 is 0. The highest BCUT2D eigenvalue weighted by Gasteiger charge is 2.47. The second-order valence-electron chi connectivity index (χ2n) is 5.77. The van der Waals surface area contributed by atoms with Crippen molar-refractivity contribution in [1.82, 2.24) is 4.98 Å². The third kappa shape index (κ3) is 2.20. The molecule has 0 spiro atoms. The SMILES string of the molecule is CCCCC1(C(=O)O)OCCc2c1[nH]c1c(F)ccc(C#N)c21. The molecule has 23 heavy (non-hydrogen) atoms. The lowest BCUT2D eigenvalue weighted by atomic mass is 9.86. The summed E-state index contributed by atoms with van der Waals surface area (Å²) in [7, 11) is 0. The van der Waals surface area contributed by atoms with Gasteiger partial charge in [-0.3, -0.25) is 0 Å². The first-order chi connectivity index (χ1) is 11.0. The Kier molecular flexibility index (Phi) is 3.82. The van der Waals surface area contributed by atoms with Gasteiger partial charge in [0.1, 0.15) is 5.82 Å². The fraction of sp³-hybridized carbons (Fsp3) is 0.412. The Balaban J connectivity index is 2.31. The number of benzene rings is 1. The number of nitrogens with one attached hydrogen (secondary N) is 1. The van der Waals surface area contributed by atoms with Crippen molar-refractivity contribution in [3.05, 3.63) is 34.8 Å². The molecular weight excluding hydrogens is 299 g/mol. The van der Waals surface area contributed by atoms with E-state index in [1.54, 1.807) is 0 Å². The molecule has 5 nitrogen and oxygen atoms in total. The van der Waals surface area contributed by atoms with Crippen LogP contribution in [0.2, 0.25) is 0 Å². The van der Waals surface area contributed by atoms with Crippen LogP contribution in [0.3, 0.4) is 0 Å². The number of aromatic amines is 1. The van der Waals surface area contributed by atoms with Gasteiger partial charge >= 0.3 is 5.97 Å². The maximum Gasteiger partial charge on any atom is 0.342 e. The summed E-state index contributed by atoms with van der Waals surface area (Å²) in [6.45, 7) is 2.20. The van der Waals surface area contributed by atoms with E-state index in [2.05, 4.69) is 11.1 Å². The lowest BCUT2D eigenvalue weighted by molar-refractivity contribution is -0.172. The number of unbranched alkanes of at least 4 members (excludes halogenated alkanes) is 1. The first-order valence-corrected chi connectivity index (χ1v) is 7.66. The van der Waals surface area contributed by atoms with Gasteiger partial charge in [-0.15, -0.1) is 0 Å². The quantitative estimate of drug-likeness (QED) is 0.906. The third-order valence-corrected chi connectivity index (χ3v) is 4.46. The molecule has 0 radical (unpaired) electrons. The molecule has 1 aromatic heterocycles. The largest absolute Gasteiger partial charge is 0.479 e. The minimum Gasteiger partial charge on any atom is -0.479 e. The highest BCUT2D eigenvalue weighted by atomic mass is 19.1. The monoisotopic (exact) mass is 316 g/mol. The van der Waals surface area contributed by atoms with Crippen LogP contribution in [0, 0.1) is 17.1 Å². The average molecular weight is 316 g/mol. The molecule has 0 saturated carbocycles. The third-order valence-electron chi connectivity index (χ3n) is 4.46. The summed E-state index contributed by atoms with van der Waals surface area (Å²) in [6, 6.07) is 4.71. The Bertz CT molecular complexity index is 821. The van der Waals surface area contributed by atoms with E-state index in [9.17, 15) is 19.6 Å². The topological polar surface area (TPSA) is 86.1 Å². The van der Waals surface area contributed by atoms with E-state index < -0.39 is 17.4 Å². The van der Waals surface area contributed by atoms with Crippen molar-refractivity contribution in [1.29, 1.82) is 5.26 Å². The average Bonchev–Trinajstić information content (AvgIpc) is 2.94. The molecule has 1 atom stereocenters. The van der Waals surface area contributed by atoms with Gasteiger partial charge in [0.2, 0.25) is 5.60 Å². The Hall–Kier alpha value is -2.39. The van der Waals surface area contributed by atoms with Crippen molar-refractivity contribution in [2.75, 3.05) is 6.61 Å². The van der Waals surface area contributed by atoms with Crippen molar-refractivity contribution >= 4 is 16.9 Å². The molecule has 0 fully saturated rings. The maximum atomic E-state index is 14.2. The summed E-state index contributed by atoms with van der Waals surface area (Å²) in [5.74, 6) is -1.58. The van der Waals surface area contributed by atoms with Crippen LogP contribution in [-0.4, -0.2) is 22.7 Å². The molecule has 3 rings (SSSR count). The van der Waals surface area contributed by atoms with Crippen LogP contribution in [-0.2, 0) is 21.6 Å².